The summed E-state index contributed by atoms with van der Waals surface area (Å²) in [5.74, 6) is 0. The monoisotopic (exact) mass is 219 g/mol. The number of nitrogens with zero attached hydrogens (tertiary/aromatic N) is 1. The van der Waals surface area contributed by atoms with Crippen molar-refractivity contribution in [3.8, 4) is 0 Å². The van der Waals surface area contributed by atoms with Crippen molar-refractivity contribution in [2.45, 2.75) is 19.0 Å². The number of nitrogens with two attached hydrogens (primary N) is 2. The number of hydrogen-bond donors (Lipinski definition) is 2. The van der Waals surface area contributed by atoms with Gasteiger partial charge in [-0.25, -0.2) is 4.98 Å². The van der Waals surface area contributed by atoms with Gasteiger partial charge in [0.2, 0.25) is 0 Å². The van der Waals surface area contributed by atoms with E-state index in [-0.39, 0.29) is 12.1 Å². The average Bonchev–Trinajstić information content (AvgIpc) is 2.03. The molecule has 0 aliphatic heterocycles. The van der Waals surface area contributed by atoms with Crippen LogP contribution in [-0.2, 0) is 0 Å². The quantitative estimate of drug-likeness (QED) is 0.746. The number of rotatable bonds is 2. The minimum absolute atomic E-state index is 0.166. The Labute approximate surface area is 87.0 Å². The maximum absolute atomic E-state index is 5.84. The molecule has 0 aromatic carbocycles. The zero-order valence-corrected chi connectivity index (χ0v) is 8.68. The molecule has 1 heterocycles. The number of aromatic nitrogens is 1. The molecule has 0 radical (unpaired) electrons. The number of hydrogen-bond acceptors (Lipinski definition) is 3. The molecular weight excluding hydrogens is 209 g/mol. The first kappa shape index (κ1) is 10.7. The molecule has 2 atom stereocenters. The Kier molecular flexibility index (Phi) is 3.50. The molecule has 1 rings (SSSR count). The average molecular weight is 220 g/mol. The standard InChI is InChI=1S/C8H11Cl2N3/c1-4(11)7(12)5-2-3-6(9)13-8(5)10/h2-4,7H,11-12H2,1H3/t4-,7+/m0/s1. The third-order valence-electron chi connectivity index (χ3n) is 1.77. The van der Waals surface area contributed by atoms with Crippen LogP contribution in [0.3, 0.4) is 0 Å². The predicted molar refractivity (Wildman–Crippen MR) is 54.8 cm³/mol. The van der Waals surface area contributed by atoms with Gasteiger partial charge in [0, 0.05) is 17.6 Å². The molecule has 4 N–H and O–H groups in total. The van der Waals surface area contributed by atoms with Crippen LogP contribution in [0.15, 0.2) is 12.1 Å². The van der Waals surface area contributed by atoms with E-state index < -0.39 is 0 Å². The highest BCUT2D eigenvalue weighted by molar-refractivity contribution is 6.32. The van der Waals surface area contributed by atoms with E-state index >= 15 is 0 Å². The van der Waals surface area contributed by atoms with E-state index in [9.17, 15) is 0 Å². The van der Waals surface area contributed by atoms with Gasteiger partial charge in [-0.1, -0.05) is 29.3 Å². The summed E-state index contributed by atoms with van der Waals surface area (Å²) in [7, 11) is 0. The largest absolute Gasteiger partial charge is 0.326 e. The van der Waals surface area contributed by atoms with E-state index in [1.807, 2.05) is 6.92 Å². The fraction of sp³-hybridized carbons (Fsp3) is 0.375. The summed E-state index contributed by atoms with van der Waals surface area (Å²) in [5.41, 5.74) is 12.1. The third kappa shape index (κ3) is 2.54. The predicted octanol–water partition coefficient (Wildman–Crippen LogP) is 1.74. The van der Waals surface area contributed by atoms with Crippen LogP contribution in [0.4, 0.5) is 0 Å². The van der Waals surface area contributed by atoms with Gasteiger partial charge in [0.05, 0.1) is 0 Å². The van der Waals surface area contributed by atoms with Gasteiger partial charge in [-0.05, 0) is 13.0 Å². The molecule has 0 saturated carbocycles. The van der Waals surface area contributed by atoms with E-state index in [0.29, 0.717) is 10.3 Å². The Morgan fingerprint density at radius 3 is 2.38 bits per heavy atom. The zero-order valence-electron chi connectivity index (χ0n) is 7.17. The van der Waals surface area contributed by atoms with Gasteiger partial charge in [-0.15, -0.1) is 0 Å². The fourth-order valence-corrected chi connectivity index (χ4v) is 1.43. The van der Waals surface area contributed by atoms with Crippen molar-refractivity contribution in [2.24, 2.45) is 11.5 Å². The first-order valence-electron chi connectivity index (χ1n) is 3.85. The molecule has 0 aliphatic rings. The van der Waals surface area contributed by atoms with Crippen LogP contribution >= 0.6 is 23.2 Å². The van der Waals surface area contributed by atoms with Crippen LogP contribution in [0.1, 0.15) is 18.5 Å². The fourth-order valence-electron chi connectivity index (χ4n) is 0.955. The summed E-state index contributed by atoms with van der Waals surface area (Å²) in [6.45, 7) is 1.82. The summed E-state index contributed by atoms with van der Waals surface area (Å²) in [6.07, 6.45) is 0. The van der Waals surface area contributed by atoms with Gasteiger partial charge in [0.15, 0.2) is 0 Å². The Bertz CT molecular complexity index is 301. The third-order valence-corrected chi connectivity index (χ3v) is 2.28. The van der Waals surface area contributed by atoms with Gasteiger partial charge in [0.25, 0.3) is 0 Å². The second-order valence-electron chi connectivity index (χ2n) is 2.90. The molecular formula is C8H11Cl2N3. The molecule has 1 aromatic heterocycles. The summed E-state index contributed by atoms with van der Waals surface area (Å²) in [4.78, 5) is 3.87. The van der Waals surface area contributed by atoms with E-state index in [1.165, 1.54) is 0 Å². The van der Waals surface area contributed by atoms with Crippen molar-refractivity contribution in [2.75, 3.05) is 0 Å². The highest BCUT2D eigenvalue weighted by atomic mass is 35.5. The summed E-state index contributed by atoms with van der Waals surface area (Å²) in [5, 5.41) is 0.669. The topological polar surface area (TPSA) is 64.9 Å². The Morgan fingerprint density at radius 1 is 1.31 bits per heavy atom. The van der Waals surface area contributed by atoms with Crippen molar-refractivity contribution in [1.29, 1.82) is 0 Å². The Morgan fingerprint density at radius 2 is 1.92 bits per heavy atom. The summed E-state index contributed by atoms with van der Waals surface area (Å²) in [6, 6.07) is 2.91. The molecule has 1 aromatic rings. The first-order valence-corrected chi connectivity index (χ1v) is 4.61. The lowest BCUT2D eigenvalue weighted by molar-refractivity contribution is 0.587. The summed E-state index contributed by atoms with van der Waals surface area (Å²) >= 11 is 11.5. The number of pyridine rings is 1. The molecule has 0 spiro atoms. The molecule has 0 amide bonds. The lowest BCUT2D eigenvalue weighted by atomic mass is 10.0. The minimum atomic E-state index is -0.308. The smallest absolute Gasteiger partial charge is 0.135 e. The molecule has 0 aliphatic carbocycles. The molecule has 0 unspecified atom stereocenters. The van der Waals surface area contributed by atoms with Crippen LogP contribution in [0.5, 0.6) is 0 Å². The Hall–Kier alpha value is -0.350. The van der Waals surface area contributed by atoms with Crippen LogP contribution in [0.2, 0.25) is 10.3 Å². The van der Waals surface area contributed by atoms with Gasteiger partial charge < -0.3 is 11.5 Å². The lowest BCUT2D eigenvalue weighted by Crippen LogP contribution is -2.31. The SMILES string of the molecule is C[C@H](N)[C@@H](N)c1ccc(Cl)nc1Cl. The van der Waals surface area contributed by atoms with Crippen LogP contribution < -0.4 is 11.5 Å². The van der Waals surface area contributed by atoms with E-state index in [4.69, 9.17) is 34.7 Å². The maximum atomic E-state index is 5.84. The maximum Gasteiger partial charge on any atom is 0.135 e. The number of halogens is 2. The normalized spacial score (nSPS) is 15.5. The molecule has 0 bridgehead atoms. The van der Waals surface area contributed by atoms with E-state index in [0.717, 1.165) is 5.56 Å². The van der Waals surface area contributed by atoms with Crippen LogP contribution in [0.25, 0.3) is 0 Å². The van der Waals surface area contributed by atoms with Gasteiger partial charge in [-0.2, -0.15) is 0 Å². The Balaban J connectivity index is 3.01. The molecule has 0 saturated heterocycles. The molecule has 13 heavy (non-hydrogen) atoms. The van der Waals surface area contributed by atoms with Gasteiger partial charge in [-0.3, -0.25) is 0 Å². The van der Waals surface area contributed by atoms with Crippen molar-refractivity contribution in [3.63, 3.8) is 0 Å². The highest BCUT2D eigenvalue weighted by Crippen LogP contribution is 2.22. The lowest BCUT2D eigenvalue weighted by Gasteiger charge is -2.16. The van der Waals surface area contributed by atoms with Crippen molar-refractivity contribution >= 4 is 23.2 Å². The molecule has 0 fully saturated rings. The van der Waals surface area contributed by atoms with Crippen LogP contribution in [-0.4, -0.2) is 11.0 Å². The van der Waals surface area contributed by atoms with Crippen LogP contribution in [0, 0.1) is 0 Å². The molecule has 3 nitrogen and oxygen atoms in total. The van der Waals surface area contributed by atoms with Crippen molar-refractivity contribution < 1.29 is 0 Å². The molecule has 5 heteroatoms. The van der Waals surface area contributed by atoms with Crippen molar-refractivity contribution in [1.82, 2.24) is 4.98 Å². The van der Waals surface area contributed by atoms with Gasteiger partial charge in [0.1, 0.15) is 10.3 Å². The first-order chi connectivity index (χ1) is 6.02. The van der Waals surface area contributed by atoms with E-state index in [2.05, 4.69) is 4.98 Å². The summed E-state index contributed by atoms with van der Waals surface area (Å²) < 4.78 is 0. The van der Waals surface area contributed by atoms with Gasteiger partial charge >= 0.3 is 0 Å². The second kappa shape index (κ2) is 4.24. The highest BCUT2D eigenvalue weighted by Gasteiger charge is 2.14. The van der Waals surface area contributed by atoms with Crippen molar-refractivity contribution in [3.05, 3.63) is 28.0 Å². The zero-order chi connectivity index (χ0) is 10.0. The second-order valence-corrected chi connectivity index (χ2v) is 3.64. The minimum Gasteiger partial charge on any atom is -0.326 e. The molecule has 72 valence electrons. The van der Waals surface area contributed by atoms with E-state index in [1.54, 1.807) is 12.1 Å².